The van der Waals surface area contributed by atoms with Crippen molar-refractivity contribution < 1.29 is 18.0 Å². The number of halogens is 1. The number of nitrogens with one attached hydrogen (secondary N) is 1. The first-order chi connectivity index (χ1) is 19.1. The second-order valence-electron chi connectivity index (χ2n) is 9.82. The minimum Gasteiger partial charge on any atom is -0.352 e. The molecule has 2 atom stereocenters. The van der Waals surface area contributed by atoms with Crippen LogP contribution in [0.2, 0.25) is 5.02 Å². The first-order valence-corrected chi connectivity index (χ1v) is 15.4. The Labute approximate surface area is 243 Å². The van der Waals surface area contributed by atoms with Crippen molar-refractivity contribution in [2.24, 2.45) is 0 Å². The number of carbonyl (C=O) groups excluding carboxylic acids is 2. The molecular weight excluding hydrogens is 546 g/mol. The summed E-state index contributed by atoms with van der Waals surface area (Å²) >= 11 is 6.38. The van der Waals surface area contributed by atoms with Crippen molar-refractivity contribution in [3.05, 3.63) is 95.0 Å². The minimum atomic E-state index is -4.13. The molecule has 0 aromatic heterocycles. The third-order valence-electron chi connectivity index (χ3n) is 6.92. The van der Waals surface area contributed by atoms with Gasteiger partial charge in [0.15, 0.2) is 0 Å². The summed E-state index contributed by atoms with van der Waals surface area (Å²) in [6.45, 7) is 7.32. The topological polar surface area (TPSA) is 86.8 Å². The highest BCUT2D eigenvalue weighted by Crippen LogP contribution is 2.28. The number of amides is 2. The Morgan fingerprint density at radius 1 is 0.925 bits per heavy atom. The quantitative estimate of drug-likeness (QED) is 0.283. The Morgan fingerprint density at radius 3 is 2.12 bits per heavy atom. The number of nitrogens with zero attached hydrogens (tertiary/aromatic N) is 2. The van der Waals surface area contributed by atoms with E-state index in [1.54, 1.807) is 36.4 Å². The number of hydrogen-bond acceptors (Lipinski definition) is 4. The Hall–Kier alpha value is -3.36. The molecule has 0 aliphatic carbocycles. The molecule has 0 saturated carbocycles. The predicted molar refractivity (Wildman–Crippen MR) is 161 cm³/mol. The van der Waals surface area contributed by atoms with Gasteiger partial charge in [-0.1, -0.05) is 80.0 Å². The lowest BCUT2D eigenvalue weighted by Crippen LogP contribution is -2.54. The normalized spacial score (nSPS) is 12.8. The van der Waals surface area contributed by atoms with Gasteiger partial charge in [-0.3, -0.25) is 13.9 Å². The molecule has 7 nitrogen and oxygen atoms in total. The van der Waals surface area contributed by atoms with E-state index < -0.39 is 28.5 Å². The lowest BCUT2D eigenvalue weighted by molar-refractivity contribution is -0.139. The van der Waals surface area contributed by atoms with E-state index in [2.05, 4.69) is 5.32 Å². The number of hydrogen-bond donors (Lipinski definition) is 1. The molecule has 0 bridgehead atoms. The van der Waals surface area contributed by atoms with Crippen LogP contribution in [0.1, 0.15) is 44.7 Å². The first kappa shape index (κ1) is 31.2. The maximum Gasteiger partial charge on any atom is 0.264 e. The molecule has 0 heterocycles. The molecule has 0 saturated heterocycles. The summed E-state index contributed by atoms with van der Waals surface area (Å²) in [5.74, 6) is -0.729. The number of rotatable bonds is 13. The van der Waals surface area contributed by atoms with Gasteiger partial charge in [0.25, 0.3) is 10.0 Å². The fourth-order valence-electron chi connectivity index (χ4n) is 4.32. The second kappa shape index (κ2) is 14.3. The van der Waals surface area contributed by atoms with Crippen molar-refractivity contribution in [3.8, 4) is 0 Å². The number of benzene rings is 3. The molecule has 0 unspecified atom stereocenters. The smallest absolute Gasteiger partial charge is 0.264 e. The molecule has 0 fully saturated rings. The highest BCUT2D eigenvalue weighted by molar-refractivity contribution is 7.92. The minimum absolute atomic E-state index is 0.0527. The zero-order valence-electron chi connectivity index (χ0n) is 23.5. The molecule has 40 heavy (non-hydrogen) atoms. The zero-order valence-corrected chi connectivity index (χ0v) is 25.1. The molecule has 2 amide bonds. The predicted octanol–water partition coefficient (Wildman–Crippen LogP) is 5.61. The third-order valence-corrected chi connectivity index (χ3v) is 9.12. The van der Waals surface area contributed by atoms with Gasteiger partial charge >= 0.3 is 0 Å². The molecule has 0 aliphatic heterocycles. The van der Waals surface area contributed by atoms with Crippen molar-refractivity contribution in [1.82, 2.24) is 10.2 Å². The molecule has 9 heteroatoms. The average molecular weight is 584 g/mol. The van der Waals surface area contributed by atoms with Gasteiger partial charge in [-0.25, -0.2) is 8.42 Å². The fraction of sp³-hybridized carbons (Fsp3) is 0.355. The van der Waals surface area contributed by atoms with Gasteiger partial charge in [0.2, 0.25) is 11.8 Å². The van der Waals surface area contributed by atoms with Crippen molar-refractivity contribution >= 4 is 39.1 Å². The van der Waals surface area contributed by atoms with Crippen molar-refractivity contribution in [2.75, 3.05) is 17.4 Å². The third kappa shape index (κ3) is 7.86. The molecule has 3 aromatic carbocycles. The van der Waals surface area contributed by atoms with E-state index >= 15 is 0 Å². The monoisotopic (exact) mass is 583 g/mol. The molecule has 3 aromatic rings. The molecule has 0 aliphatic rings. The largest absolute Gasteiger partial charge is 0.352 e. The van der Waals surface area contributed by atoms with Crippen LogP contribution in [-0.2, 0) is 26.0 Å². The summed E-state index contributed by atoms with van der Waals surface area (Å²) in [5, 5.41) is 3.37. The molecule has 3 rings (SSSR count). The molecule has 1 N–H and O–H groups in total. The maximum absolute atomic E-state index is 14.0. The number of carbonyl (C=O) groups is 2. The van der Waals surface area contributed by atoms with Crippen molar-refractivity contribution in [2.45, 2.75) is 63.9 Å². The van der Waals surface area contributed by atoms with Crippen LogP contribution in [-0.4, -0.2) is 50.3 Å². The van der Waals surface area contributed by atoms with Crippen LogP contribution >= 0.6 is 11.6 Å². The van der Waals surface area contributed by atoms with Crippen molar-refractivity contribution in [3.63, 3.8) is 0 Å². The van der Waals surface area contributed by atoms with E-state index in [1.165, 1.54) is 17.0 Å². The second-order valence-corrected chi connectivity index (χ2v) is 12.1. The van der Waals surface area contributed by atoms with E-state index in [4.69, 9.17) is 11.6 Å². The van der Waals surface area contributed by atoms with Crippen LogP contribution in [0.5, 0.6) is 0 Å². The summed E-state index contributed by atoms with van der Waals surface area (Å²) in [6.07, 6.45) is 1.64. The summed E-state index contributed by atoms with van der Waals surface area (Å²) < 4.78 is 28.8. The summed E-state index contributed by atoms with van der Waals surface area (Å²) in [5.41, 5.74) is 2.07. The lowest BCUT2D eigenvalue weighted by atomic mass is 10.1. The maximum atomic E-state index is 14.0. The van der Waals surface area contributed by atoms with Crippen LogP contribution in [0.3, 0.4) is 0 Å². The van der Waals surface area contributed by atoms with E-state index in [0.29, 0.717) is 17.9 Å². The van der Waals surface area contributed by atoms with Gasteiger partial charge in [0, 0.05) is 17.6 Å². The van der Waals surface area contributed by atoms with Gasteiger partial charge in [0.1, 0.15) is 12.6 Å². The zero-order chi connectivity index (χ0) is 29.3. The molecule has 0 radical (unpaired) electrons. The fourth-order valence-corrected chi connectivity index (χ4v) is 5.92. The van der Waals surface area contributed by atoms with E-state index in [9.17, 15) is 18.0 Å². The first-order valence-electron chi connectivity index (χ1n) is 13.6. The number of sulfonamides is 1. The summed E-state index contributed by atoms with van der Waals surface area (Å²) in [4.78, 5) is 28.9. The standard InChI is InChI=1S/C31H38ClN3O4S/c1-5-24(4)33-31(37)29(6-2)34(20-19-25-13-9-7-10-14-25)30(36)22-35(26-18-17-23(3)28(32)21-26)40(38,39)27-15-11-8-12-16-27/h7-18,21,24,29H,5-6,19-20,22H2,1-4H3,(H,33,37)/t24-,29-/m1/s1. The SMILES string of the molecule is CC[C@@H](C)NC(=O)[C@@H](CC)N(CCc1ccccc1)C(=O)CN(c1ccc(C)c(Cl)c1)S(=O)(=O)c1ccccc1. The van der Waals surface area contributed by atoms with E-state index in [1.807, 2.05) is 58.0 Å². The average Bonchev–Trinajstić information content (AvgIpc) is 2.96. The van der Waals surface area contributed by atoms with Crippen LogP contribution in [0.15, 0.2) is 83.8 Å². The highest BCUT2D eigenvalue weighted by Gasteiger charge is 2.33. The van der Waals surface area contributed by atoms with E-state index in [-0.39, 0.29) is 29.1 Å². The van der Waals surface area contributed by atoms with Crippen LogP contribution < -0.4 is 9.62 Å². The van der Waals surface area contributed by atoms with Gasteiger partial charge in [-0.15, -0.1) is 0 Å². The Kier molecular flexibility index (Phi) is 11.2. The summed E-state index contributed by atoms with van der Waals surface area (Å²) in [6, 6.07) is 21.7. The van der Waals surface area contributed by atoms with E-state index in [0.717, 1.165) is 21.9 Å². The molecular formula is C31H38ClN3O4S. The Bertz CT molecular complexity index is 1380. The van der Waals surface area contributed by atoms with Gasteiger partial charge < -0.3 is 10.2 Å². The lowest BCUT2D eigenvalue weighted by Gasteiger charge is -2.33. The molecule has 0 spiro atoms. The highest BCUT2D eigenvalue weighted by atomic mass is 35.5. The van der Waals surface area contributed by atoms with Crippen LogP contribution in [0.4, 0.5) is 5.69 Å². The van der Waals surface area contributed by atoms with Gasteiger partial charge in [-0.05, 0) is 68.5 Å². The van der Waals surface area contributed by atoms with Crippen molar-refractivity contribution in [1.29, 1.82) is 0 Å². The summed E-state index contributed by atoms with van der Waals surface area (Å²) in [7, 11) is -4.13. The number of anilines is 1. The molecule has 214 valence electrons. The van der Waals surface area contributed by atoms with Crippen LogP contribution in [0.25, 0.3) is 0 Å². The Balaban J connectivity index is 2.02. The Morgan fingerprint density at radius 2 is 1.55 bits per heavy atom. The van der Waals surface area contributed by atoms with Gasteiger partial charge in [0.05, 0.1) is 10.6 Å². The number of aryl methyl sites for hydroxylation is 1. The van der Waals surface area contributed by atoms with Crippen LogP contribution in [0, 0.1) is 6.92 Å². The van der Waals surface area contributed by atoms with Gasteiger partial charge in [-0.2, -0.15) is 0 Å².